The number of aromatic nitrogens is 7. The van der Waals surface area contributed by atoms with Crippen molar-refractivity contribution in [3.63, 3.8) is 0 Å². The van der Waals surface area contributed by atoms with Gasteiger partial charge >= 0.3 is 0 Å². The summed E-state index contributed by atoms with van der Waals surface area (Å²) in [6, 6.07) is 10.3. The van der Waals surface area contributed by atoms with Gasteiger partial charge in [-0.05, 0) is 25.5 Å². The number of anilines is 1. The molecule has 0 spiro atoms. The van der Waals surface area contributed by atoms with Gasteiger partial charge in [-0.15, -0.1) is 0 Å². The van der Waals surface area contributed by atoms with E-state index in [1.54, 1.807) is 6.33 Å². The Morgan fingerprint density at radius 2 is 2.00 bits per heavy atom. The normalized spacial score (nSPS) is 16.6. The lowest BCUT2D eigenvalue weighted by Crippen LogP contribution is -2.32. The van der Waals surface area contributed by atoms with Crippen LogP contribution in [-0.4, -0.2) is 40.6 Å². The van der Waals surface area contributed by atoms with Gasteiger partial charge in [0, 0.05) is 12.5 Å². The summed E-state index contributed by atoms with van der Waals surface area (Å²) in [6.07, 6.45) is 5.35. The SMILES string of the molecule is Cc1nc(NC2CCc3ncnn3C2)c2cnn(-c3ccccc3)c2n1. The smallest absolute Gasteiger partial charge is 0.168 e. The summed E-state index contributed by atoms with van der Waals surface area (Å²) in [6.45, 7) is 2.69. The highest BCUT2D eigenvalue weighted by molar-refractivity contribution is 5.87. The van der Waals surface area contributed by atoms with Gasteiger partial charge in [-0.3, -0.25) is 0 Å². The Morgan fingerprint density at radius 1 is 1.12 bits per heavy atom. The average molecular weight is 346 g/mol. The molecule has 0 fully saturated rings. The second kappa shape index (κ2) is 5.91. The van der Waals surface area contributed by atoms with Crippen molar-refractivity contribution in [1.82, 2.24) is 34.5 Å². The summed E-state index contributed by atoms with van der Waals surface area (Å²) in [5.74, 6) is 2.59. The number of hydrogen-bond acceptors (Lipinski definition) is 6. The van der Waals surface area contributed by atoms with Crippen LogP contribution in [-0.2, 0) is 13.0 Å². The molecular weight excluding hydrogens is 328 g/mol. The quantitative estimate of drug-likeness (QED) is 0.612. The first-order valence-corrected chi connectivity index (χ1v) is 8.69. The van der Waals surface area contributed by atoms with Crippen LogP contribution in [0.5, 0.6) is 0 Å². The molecule has 0 amide bonds. The van der Waals surface area contributed by atoms with Crippen molar-refractivity contribution in [2.75, 3.05) is 5.32 Å². The molecule has 0 saturated heterocycles. The van der Waals surface area contributed by atoms with E-state index in [0.29, 0.717) is 0 Å². The molecule has 1 aliphatic rings. The van der Waals surface area contributed by atoms with Crippen LogP contribution in [0.25, 0.3) is 16.7 Å². The van der Waals surface area contributed by atoms with E-state index in [9.17, 15) is 0 Å². The largest absolute Gasteiger partial charge is 0.365 e. The molecule has 1 atom stereocenters. The number of fused-ring (bicyclic) bond motifs is 2. The first kappa shape index (κ1) is 15.0. The number of benzene rings is 1. The minimum atomic E-state index is 0.252. The summed E-state index contributed by atoms with van der Waals surface area (Å²) in [4.78, 5) is 13.5. The van der Waals surface area contributed by atoms with Gasteiger partial charge in [0.15, 0.2) is 5.65 Å². The fourth-order valence-electron chi connectivity index (χ4n) is 3.43. The molecule has 4 heterocycles. The van der Waals surface area contributed by atoms with E-state index in [2.05, 4.69) is 30.5 Å². The predicted octanol–water partition coefficient (Wildman–Crippen LogP) is 2.14. The van der Waals surface area contributed by atoms with Gasteiger partial charge in [-0.2, -0.15) is 10.2 Å². The topological polar surface area (TPSA) is 86.3 Å². The van der Waals surface area contributed by atoms with Crippen LogP contribution in [0.4, 0.5) is 5.82 Å². The summed E-state index contributed by atoms with van der Waals surface area (Å²) >= 11 is 0. The van der Waals surface area contributed by atoms with Gasteiger partial charge in [-0.25, -0.2) is 24.3 Å². The Hall–Kier alpha value is -3.29. The zero-order valence-electron chi connectivity index (χ0n) is 14.4. The third-order valence-electron chi connectivity index (χ3n) is 4.69. The van der Waals surface area contributed by atoms with E-state index in [4.69, 9.17) is 0 Å². The van der Waals surface area contributed by atoms with Crippen LogP contribution >= 0.6 is 0 Å². The zero-order valence-corrected chi connectivity index (χ0v) is 14.4. The molecule has 0 bridgehead atoms. The van der Waals surface area contributed by atoms with Gasteiger partial charge in [0.1, 0.15) is 23.8 Å². The molecule has 8 heteroatoms. The lowest BCUT2D eigenvalue weighted by molar-refractivity contribution is 0.441. The molecule has 1 N–H and O–H groups in total. The average Bonchev–Trinajstić information content (AvgIpc) is 3.28. The minimum Gasteiger partial charge on any atom is -0.365 e. The minimum absolute atomic E-state index is 0.252. The molecule has 4 aromatic rings. The van der Waals surface area contributed by atoms with E-state index in [1.807, 2.05) is 52.8 Å². The molecule has 26 heavy (non-hydrogen) atoms. The van der Waals surface area contributed by atoms with Gasteiger partial charge in [-0.1, -0.05) is 18.2 Å². The molecule has 5 rings (SSSR count). The highest BCUT2D eigenvalue weighted by Gasteiger charge is 2.22. The van der Waals surface area contributed by atoms with Crippen molar-refractivity contribution >= 4 is 16.9 Å². The van der Waals surface area contributed by atoms with Crippen LogP contribution < -0.4 is 5.32 Å². The number of rotatable bonds is 3. The Kier molecular flexibility index (Phi) is 3.41. The van der Waals surface area contributed by atoms with E-state index in [0.717, 1.165) is 53.6 Å². The maximum absolute atomic E-state index is 4.63. The number of hydrogen-bond donors (Lipinski definition) is 1. The third-order valence-corrected chi connectivity index (χ3v) is 4.69. The van der Waals surface area contributed by atoms with E-state index in [-0.39, 0.29) is 6.04 Å². The molecule has 0 aliphatic carbocycles. The monoisotopic (exact) mass is 346 g/mol. The van der Waals surface area contributed by atoms with Crippen molar-refractivity contribution in [3.8, 4) is 5.69 Å². The van der Waals surface area contributed by atoms with Crippen LogP contribution in [0.1, 0.15) is 18.1 Å². The van der Waals surface area contributed by atoms with Gasteiger partial charge in [0.2, 0.25) is 0 Å². The summed E-state index contributed by atoms with van der Waals surface area (Å²) in [5, 5.41) is 13.3. The summed E-state index contributed by atoms with van der Waals surface area (Å²) in [5.41, 5.74) is 1.79. The van der Waals surface area contributed by atoms with Crippen molar-refractivity contribution in [2.45, 2.75) is 32.4 Å². The van der Waals surface area contributed by atoms with Crippen molar-refractivity contribution in [1.29, 1.82) is 0 Å². The van der Waals surface area contributed by atoms with Crippen LogP contribution in [0.3, 0.4) is 0 Å². The maximum atomic E-state index is 4.63. The Bertz CT molecular complexity index is 1070. The van der Waals surface area contributed by atoms with Crippen molar-refractivity contribution in [2.24, 2.45) is 0 Å². The highest BCUT2D eigenvalue weighted by Crippen LogP contribution is 2.25. The predicted molar refractivity (Wildman–Crippen MR) is 97.2 cm³/mol. The number of nitrogens with zero attached hydrogens (tertiary/aromatic N) is 7. The van der Waals surface area contributed by atoms with E-state index in [1.165, 1.54) is 0 Å². The standard InChI is InChI=1S/C18H18N8/c1-12-22-17(24-13-7-8-16-19-11-21-25(16)10-13)15-9-20-26(18(15)23-12)14-5-3-2-4-6-14/h2-6,9,11,13H,7-8,10H2,1H3,(H,22,23,24). The van der Waals surface area contributed by atoms with Gasteiger partial charge in [0.25, 0.3) is 0 Å². The molecular formula is C18H18N8. The van der Waals surface area contributed by atoms with Crippen molar-refractivity contribution in [3.05, 3.63) is 54.5 Å². The van der Waals surface area contributed by atoms with Crippen molar-refractivity contribution < 1.29 is 0 Å². The molecule has 1 unspecified atom stereocenters. The second-order valence-electron chi connectivity index (χ2n) is 6.49. The van der Waals surface area contributed by atoms with Gasteiger partial charge in [0.05, 0.1) is 23.8 Å². The fraction of sp³-hybridized carbons (Fsp3) is 0.278. The lowest BCUT2D eigenvalue weighted by atomic mass is 10.1. The molecule has 0 saturated carbocycles. The first-order chi connectivity index (χ1) is 12.8. The third kappa shape index (κ3) is 2.50. The molecule has 1 aliphatic heterocycles. The number of aryl methyl sites for hydroxylation is 2. The Balaban J connectivity index is 1.52. The first-order valence-electron chi connectivity index (χ1n) is 8.69. The second-order valence-corrected chi connectivity index (χ2v) is 6.49. The Morgan fingerprint density at radius 3 is 2.88 bits per heavy atom. The van der Waals surface area contributed by atoms with E-state index >= 15 is 0 Å². The molecule has 8 nitrogen and oxygen atoms in total. The van der Waals surface area contributed by atoms with E-state index < -0.39 is 0 Å². The maximum Gasteiger partial charge on any atom is 0.168 e. The molecule has 3 aromatic heterocycles. The van der Waals surface area contributed by atoms with Gasteiger partial charge < -0.3 is 5.32 Å². The molecule has 1 aromatic carbocycles. The van der Waals surface area contributed by atoms with Crippen LogP contribution in [0.2, 0.25) is 0 Å². The number of nitrogens with one attached hydrogen (secondary N) is 1. The van der Waals surface area contributed by atoms with Crippen LogP contribution in [0.15, 0.2) is 42.9 Å². The molecule has 0 radical (unpaired) electrons. The fourth-order valence-corrected chi connectivity index (χ4v) is 3.43. The summed E-state index contributed by atoms with van der Waals surface area (Å²) < 4.78 is 3.81. The lowest BCUT2D eigenvalue weighted by Gasteiger charge is -2.24. The highest BCUT2D eigenvalue weighted by atomic mass is 15.4. The zero-order chi connectivity index (χ0) is 17.5. The van der Waals surface area contributed by atoms with Crippen LogP contribution in [0, 0.1) is 6.92 Å². The number of para-hydroxylation sites is 1. The Labute approximate surface area is 149 Å². The molecule has 130 valence electrons. The summed E-state index contributed by atoms with van der Waals surface area (Å²) in [7, 11) is 0.